The lowest BCUT2D eigenvalue weighted by molar-refractivity contribution is -0.121. The standard InChI is InChI=1S/C15H15ClN2O4/c1-9-12(14(16)22-18-9)6-7-13(19)17-8-10-2-4-11(5-3-10)15(20)21/h2-5H,6-8H2,1H3,(H,17,19)(H,20,21). The van der Waals surface area contributed by atoms with Crippen LogP contribution >= 0.6 is 11.6 Å². The molecule has 0 unspecified atom stereocenters. The van der Waals surface area contributed by atoms with Crippen LogP contribution in [0, 0.1) is 6.92 Å². The molecule has 2 aromatic rings. The Bertz CT molecular complexity index is 660. The van der Waals surface area contributed by atoms with Gasteiger partial charge in [0.25, 0.3) is 0 Å². The summed E-state index contributed by atoms with van der Waals surface area (Å²) in [4.78, 5) is 22.5. The Hall–Kier alpha value is -2.34. The summed E-state index contributed by atoms with van der Waals surface area (Å²) in [6, 6.07) is 6.35. The van der Waals surface area contributed by atoms with Crippen LogP contribution in [0.5, 0.6) is 0 Å². The van der Waals surface area contributed by atoms with Crippen molar-refractivity contribution in [2.45, 2.75) is 26.3 Å². The number of aryl methyl sites for hydroxylation is 1. The second kappa shape index (κ2) is 7.09. The van der Waals surface area contributed by atoms with E-state index in [1.54, 1.807) is 19.1 Å². The highest BCUT2D eigenvalue weighted by atomic mass is 35.5. The third-order valence-corrected chi connectivity index (χ3v) is 3.53. The number of aromatic carboxylic acids is 1. The minimum atomic E-state index is -0.975. The number of nitrogens with zero attached hydrogens (tertiary/aromatic N) is 1. The number of carboxylic acid groups (broad SMARTS) is 1. The van der Waals surface area contributed by atoms with Crippen LogP contribution in [-0.4, -0.2) is 22.1 Å². The molecule has 0 spiro atoms. The summed E-state index contributed by atoms with van der Waals surface area (Å²) in [7, 11) is 0. The number of nitrogens with one attached hydrogen (secondary N) is 1. The van der Waals surface area contributed by atoms with E-state index in [0.29, 0.717) is 18.7 Å². The number of carbonyl (C=O) groups is 2. The van der Waals surface area contributed by atoms with Crippen LogP contribution in [0.3, 0.4) is 0 Å². The average molecular weight is 323 g/mol. The molecule has 0 saturated carbocycles. The Morgan fingerprint density at radius 1 is 1.32 bits per heavy atom. The fourth-order valence-corrected chi connectivity index (χ4v) is 2.20. The smallest absolute Gasteiger partial charge is 0.335 e. The van der Waals surface area contributed by atoms with Gasteiger partial charge in [0, 0.05) is 18.5 Å². The SMILES string of the molecule is Cc1noc(Cl)c1CCC(=O)NCc1ccc(C(=O)O)cc1. The second-order valence-corrected chi connectivity index (χ2v) is 5.14. The molecule has 0 bridgehead atoms. The van der Waals surface area contributed by atoms with E-state index in [2.05, 4.69) is 10.5 Å². The zero-order chi connectivity index (χ0) is 16.1. The molecule has 116 valence electrons. The van der Waals surface area contributed by atoms with Crippen molar-refractivity contribution in [3.63, 3.8) is 0 Å². The molecule has 0 aliphatic carbocycles. The quantitative estimate of drug-likeness (QED) is 0.852. The zero-order valence-corrected chi connectivity index (χ0v) is 12.7. The number of rotatable bonds is 6. The number of benzene rings is 1. The van der Waals surface area contributed by atoms with Crippen molar-refractivity contribution in [3.8, 4) is 0 Å². The Balaban J connectivity index is 1.81. The summed E-state index contributed by atoms with van der Waals surface area (Å²) in [6.45, 7) is 2.11. The summed E-state index contributed by atoms with van der Waals surface area (Å²) in [5.41, 5.74) is 2.47. The van der Waals surface area contributed by atoms with E-state index >= 15 is 0 Å². The van der Waals surface area contributed by atoms with E-state index < -0.39 is 5.97 Å². The molecule has 0 aliphatic heterocycles. The summed E-state index contributed by atoms with van der Waals surface area (Å²) in [6.07, 6.45) is 0.729. The number of hydrogen-bond acceptors (Lipinski definition) is 4. The molecule has 0 saturated heterocycles. The van der Waals surface area contributed by atoms with Gasteiger partial charge in [-0.3, -0.25) is 4.79 Å². The topological polar surface area (TPSA) is 92.4 Å². The van der Waals surface area contributed by atoms with Crippen LogP contribution in [0.25, 0.3) is 0 Å². The zero-order valence-electron chi connectivity index (χ0n) is 11.9. The average Bonchev–Trinajstić information content (AvgIpc) is 2.82. The molecule has 0 atom stereocenters. The van der Waals surface area contributed by atoms with E-state index in [4.69, 9.17) is 21.2 Å². The van der Waals surface area contributed by atoms with Gasteiger partial charge in [0.05, 0.1) is 11.3 Å². The summed E-state index contributed by atoms with van der Waals surface area (Å²) < 4.78 is 4.82. The van der Waals surface area contributed by atoms with Gasteiger partial charge in [-0.15, -0.1) is 0 Å². The lowest BCUT2D eigenvalue weighted by atomic mass is 10.1. The lowest BCUT2D eigenvalue weighted by Crippen LogP contribution is -2.23. The fourth-order valence-electron chi connectivity index (χ4n) is 1.93. The van der Waals surface area contributed by atoms with Gasteiger partial charge < -0.3 is 14.9 Å². The van der Waals surface area contributed by atoms with Crippen molar-refractivity contribution in [1.82, 2.24) is 10.5 Å². The van der Waals surface area contributed by atoms with E-state index in [0.717, 1.165) is 11.1 Å². The molecule has 7 heteroatoms. The lowest BCUT2D eigenvalue weighted by Gasteiger charge is -2.05. The van der Waals surface area contributed by atoms with Gasteiger partial charge in [-0.05, 0) is 42.6 Å². The van der Waals surface area contributed by atoms with Crippen LogP contribution in [0.1, 0.15) is 33.6 Å². The number of halogens is 1. The van der Waals surface area contributed by atoms with Crippen molar-refractivity contribution >= 4 is 23.5 Å². The number of carbonyl (C=O) groups excluding carboxylic acids is 1. The predicted molar refractivity (Wildman–Crippen MR) is 79.8 cm³/mol. The first-order valence-electron chi connectivity index (χ1n) is 6.67. The molecule has 0 radical (unpaired) electrons. The highest BCUT2D eigenvalue weighted by Gasteiger charge is 2.12. The molecule has 1 aromatic carbocycles. The molecular weight excluding hydrogens is 308 g/mol. The molecule has 2 rings (SSSR count). The Morgan fingerprint density at radius 3 is 2.55 bits per heavy atom. The molecule has 1 aromatic heterocycles. The Morgan fingerprint density at radius 2 is 2.00 bits per heavy atom. The van der Waals surface area contributed by atoms with Crippen LogP contribution in [0.2, 0.25) is 5.22 Å². The number of aromatic nitrogens is 1. The maximum atomic E-state index is 11.8. The fraction of sp³-hybridized carbons (Fsp3) is 0.267. The third-order valence-electron chi connectivity index (χ3n) is 3.23. The minimum Gasteiger partial charge on any atom is -0.478 e. The molecule has 1 heterocycles. The molecule has 22 heavy (non-hydrogen) atoms. The molecule has 2 N–H and O–H groups in total. The first-order chi connectivity index (χ1) is 10.5. The highest BCUT2D eigenvalue weighted by Crippen LogP contribution is 2.20. The maximum Gasteiger partial charge on any atom is 0.335 e. The van der Waals surface area contributed by atoms with Crippen molar-refractivity contribution < 1.29 is 19.2 Å². The van der Waals surface area contributed by atoms with Crippen LogP contribution in [0.15, 0.2) is 28.8 Å². The molecule has 1 amide bonds. The molecular formula is C15H15ClN2O4. The monoisotopic (exact) mass is 322 g/mol. The van der Waals surface area contributed by atoms with Gasteiger partial charge >= 0.3 is 5.97 Å². The number of hydrogen-bond donors (Lipinski definition) is 2. The first-order valence-corrected chi connectivity index (χ1v) is 7.04. The number of carboxylic acids is 1. The Labute approximate surface area is 132 Å². The second-order valence-electron chi connectivity index (χ2n) is 4.80. The maximum absolute atomic E-state index is 11.8. The van der Waals surface area contributed by atoms with E-state index in [1.807, 2.05) is 0 Å². The van der Waals surface area contributed by atoms with Gasteiger partial charge in [-0.25, -0.2) is 4.79 Å². The molecule has 0 fully saturated rings. The van der Waals surface area contributed by atoms with Gasteiger partial charge in [0.15, 0.2) is 0 Å². The van der Waals surface area contributed by atoms with Gasteiger partial charge in [-0.1, -0.05) is 17.3 Å². The van der Waals surface area contributed by atoms with Crippen molar-refractivity contribution in [3.05, 3.63) is 51.9 Å². The van der Waals surface area contributed by atoms with Gasteiger partial charge in [0.1, 0.15) is 0 Å². The van der Waals surface area contributed by atoms with Crippen molar-refractivity contribution in [2.75, 3.05) is 0 Å². The highest BCUT2D eigenvalue weighted by molar-refractivity contribution is 6.29. The summed E-state index contributed by atoms with van der Waals surface area (Å²) in [5, 5.41) is 15.5. The predicted octanol–water partition coefficient (Wildman–Crippen LogP) is 2.58. The van der Waals surface area contributed by atoms with E-state index in [1.165, 1.54) is 12.1 Å². The summed E-state index contributed by atoms with van der Waals surface area (Å²) >= 11 is 5.83. The summed E-state index contributed by atoms with van der Waals surface area (Å²) in [5.74, 6) is -1.10. The van der Waals surface area contributed by atoms with Crippen molar-refractivity contribution in [2.24, 2.45) is 0 Å². The van der Waals surface area contributed by atoms with Crippen LogP contribution in [0.4, 0.5) is 0 Å². The number of amides is 1. The van der Waals surface area contributed by atoms with Gasteiger partial charge in [-0.2, -0.15) is 0 Å². The molecule has 6 nitrogen and oxygen atoms in total. The Kier molecular flexibility index (Phi) is 5.16. The van der Waals surface area contributed by atoms with E-state index in [-0.39, 0.29) is 23.1 Å². The molecule has 0 aliphatic rings. The van der Waals surface area contributed by atoms with E-state index in [9.17, 15) is 9.59 Å². The van der Waals surface area contributed by atoms with Crippen molar-refractivity contribution in [1.29, 1.82) is 0 Å². The van der Waals surface area contributed by atoms with Crippen LogP contribution < -0.4 is 5.32 Å². The largest absolute Gasteiger partial charge is 0.478 e. The van der Waals surface area contributed by atoms with Gasteiger partial charge in [0.2, 0.25) is 11.1 Å². The third kappa shape index (κ3) is 4.08. The van der Waals surface area contributed by atoms with Crippen LogP contribution in [-0.2, 0) is 17.8 Å². The normalized spacial score (nSPS) is 10.5. The minimum absolute atomic E-state index is 0.126. The first kappa shape index (κ1) is 16.0.